The predicted molar refractivity (Wildman–Crippen MR) is 58.4 cm³/mol. The molecular weight excluding hydrogens is 178 g/mol. The summed E-state index contributed by atoms with van der Waals surface area (Å²) in [5, 5.41) is 5.54. The predicted octanol–water partition coefficient (Wildman–Crippen LogP) is 0.478. The number of nitrogens with two attached hydrogens (primary N) is 1. The van der Waals surface area contributed by atoms with Gasteiger partial charge in [0.2, 0.25) is 5.91 Å². The van der Waals surface area contributed by atoms with Crippen molar-refractivity contribution in [2.24, 2.45) is 5.73 Å². The first-order valence-electron chi connectivity index (χ1n) is 4.80. The maximum absolute atomic E-state index is 11.1. The standard InChI is InChI=1S/C10H19N3O/c1-3-5-7-12-9(11)8-10(14)13-6-4-2/h4,8,12H,2-3,5-7,11H2,1H3,(H,13,14)/b9-8-. The quantitative estimate of drug-likeness (QED) is 0.316. The Labute approximate surface area is 85.2 Å². The molecule has 14 heavy (non-hydrogen) atoms. The van der Waals surface area contributed by atoms with E-state index in [9.17, 15) is 4.79 Å². The fourth-order valence-corrected chi connectivity index (χ4v) is 0.826. The van der Waals surface area contributed by atoms with E-state index in [1.165, 1.54) is 6.08 Å². The second-order valence-electron chi connectivity index (χ2n) is 2.91. The highest BCUT2D eigenvalue weighted by molar-refractivity contribution is 5.88. The molecule has 0 unspecified atom stereocenters. The minimum Gasteiger partial charge on any atom is -0.385 e. The molecule has 80 valence electrons. The first kappa shape index (κ1) is 12.6. The van der Waals surface area contributed by atoms with Gasteiger partial charge in [-0.25, -0.2) is 0 Å². The SMILES string of the molecule is C=CCNC(=O)/C=C(/N)NCCCC. The van der Waals surface area contributed by atoms with Crippen LogP contribution in [-0.4, -0.2) is 19.0 Å². The maximum Gasteiger partial charge on any atom is 0.247 e. The second kappa shape index (κ2) is 8.16. The average Bonchev–Trinajstić information content (AvgIpc) is 2.15. The molecule has 4 N–H and O–H groups in total. The van der Waals surface area contributed by atoms with E-state index in [1.54, 1.807) is 6.08 Å². The van der Waals surface area contributed by atoms with Gasteiger partial charge in [0.25, 0.3) is 0 Å². The molecule has 4 nitrogen and oxygen atoms in total. The third-order valence-corrected chi connectivity index (χ3v) is 1.57. The molecule has 0 heterocycles. The van der Waals surface area contributed by atoms with Crippen LogP contribution in [0.25, 0.3) is 0 Å². The number of hydrogen-bond acceptors (Lipinski definition) is 3. The Balaban J connectivity index is 3.72. The number of carbonyl (C=O) groups excluding carboxylic acids is 1. The monoisotopic (exact) mass is 197 g/mol. The minimum absolute atomic E-state index is 0.202. The summed E-state index contributed by atoms with van der Waals surface area (Å²) in [6.07, 6.45) is 5.11. The van der Waals surface area contributed by atoms with E-state index in [0.29, 0.717) is 12.4 Å². The summed E-state index contributed by atoms with van der Waals surface area (Å²) in [6, 6.07) is 0. The molecule has 0 aromatic rings. The van der Waals surface area contributed by atoms with E-state index >= 15 is 0 Å². The van der Waals surface area contributed by atoms with Crippen LogP contribution in [0.4, 0.5) is 0 Å². The molecule has 0 rings (SSSR count). The third-order valence-electron chi connectivity index (χ3n) is 1.57. The van der Waals surface area contributed by atoms with Gasteiger partial charge in [-0.05, 0) is 6.42 Å². The van der Waals surface area contributed by atoms with Crippen molar-refractivity contribution in [3.8, 4) is 0 Å². The molecule has 0 fully saturated rings. The Bertz CT molecular complexity index is 211. The molecule has 0 aliphatic rings. The molecule has 0 aliphatic heterocycles. The molecule has 0 aromatic carbocycles. The summed E-state index contributed by atoms with van der Waals surface area (Å²) in [5.41, 5.74) is 5.55. The van der Waals surface area contributed by atoms with Crippen molar-refractivity contribution in [1.82, 2.24) is 10.6 Å². The molecule has 0 radical (unpaired) electrons. The molecule has 0 bridgehead atoms. The summed E-state index contributed by atoms with van der Waals surface area (Å²) >= 11 is 0. The molecule has 0 aromatic heterocycles. The molecule has 0 saturated heterocycles. The van der Waals surface area contributed by atoms with Crippen molar-refractivity contribution in [3.63, 3.8) is 0 Å². The smallest absolute Gasteiger partial charge is 0.247 e. The Morgan fingerprint density at radius 1 is 1.50 bits per heavy atom. The van der Waals surface area contributed by atoms with Crippen molar-refractivity contribution in [1.29, 1.82) is 0 Å². The molecular formula is C10H19N3O. The van der Waals surface area contributed by atoms with Crippen LogP contribution < -0.4 is 16.4 Å². The largest absolute Gasteiger partial charge is 0.385 e. The van der Waals surface area contributed by atoms with Gasteiger partial charge >= 0.3 is 0 Å². The van der Waals surface area contributed by atoms with Crippen molar-refractivity contribution in [2.75, 3.05) is 13.1 Å². The van der Waals surface area contributed by atoms with Gasteiger partial charge in [0.05, 0.1) is 0 Å². The summed E-state index contributed by atoms with van der Waals surface area (Å²) < 4.78 is 0. The van der Waals surface area contributed by atoms with Crippen molar-refractivity contribution in [3.05, 3.63) is 24.6 Å². The van der Waals surface area contributed by atoms with Crippen LogP contribution in [-0.2, 0) is 4.79 Å². The van der Waals surface area contributed by atoms with Crippen molar-refractivity contribution >= 4 is 5.91 Å². The van der Waals surface area contributed by atoms with Crippen LogP contribution in [0.15, 0.2) is 24.6 Å². The number of unbranched alkanes of at least 4 members (excludes halogenated alkanes) is 1. The van der Waals surface area contributed by atoms with Gasteiger partial charge in [-0.2, -0.15) is 0 Å². The summed E-state index contributed by atoms with van der Waals surface area (Å²) in [4.78, 5) is 11.1. The molecule has 1 amide bonds. The van der Waals surface area contributed by atoms with Gasteiger partial charge in [0.1, 0.15) is 5.82 Å². The lowest BCUT2D eigenvalue weighted by atomic mass is 10.3. The number of amides is 1. The van der Waals surface area contributed by atoms with E-state index in [4.69, 9.17) is 5.73 Å². The zero-order valence-electron chi connectivity index (χ0n) is 8.68. The fourth-order valence-electron chi connectivity index (χ4n) is 0.826. The summed E-state index contributed by atoms with van der Waals surface area (Å²) in [5.74, 6) is 0.200. The van der Waals surface area contributed by atoms with Gasteiger partial charge in [-0.1, -0.05) is 19.4 Å². The van der Waals surface area contributed by atoms with E-state index < -0.39 is 0 Å². The summed E-state index contributed by atoms with van der Waals surface area (Å²) in [7, 11) is 0. The van der Waals surface area contributed by atoms with Crippen LogP contribution in [0.2, 0.25) is 0 Å². The van der Waals surface area contributed by atoms with Crippen molar-refractivity contribution in [2.45, 2.75) is 19.8 Å². The highest BCUT2D eigenvalue weighted by Crippen LogP contribution is 1.85. The number of carbonyl (C=O) groups is 1. The molecule has 0 saturated carbocycles. The zero-order chi connectivity index (χ0) is 10.8. The second-order valence-corrected chi connectivity index (χ2v) is 2.91. The Morgan fingerprint density at radius 2 is 2.21 bits per heavy atom. The van der Waals surface area contributed by atoms with Crippen LogP contribution >= 0.6 is 0 Å². The lowest BCUT2D eigenvalue weighted by Gasteiger charge is -2.04. The van der Waals surface area contributed by atoms with Crippen LogP contribution in [0, 0.1) is 0 Å². The Hall–Kier alpha value is -1.45. The first-order valence-corrected chi connectivity index (χ1v) is 4.80. The fraction of sp³-hybridized carbons (Fsp3) is 0.500. The zero-order valence-corrected chi connectivity index (χ0v) is 8.68. The van der Waals surface area contributed by atoms with Crippen LogP contribution in [0.1, 0.15) is 19.8 Å². The van der Waals surface area contributed by atoms with Gasteiger partial charge in [-0.3, -0.25) is 4.79 Å². The average molecular weight is 197 g/mol. The topological polar surface area (TPSA) is 67.2 Å². The Morgan fingerprint density at radius 3 is 2.79 bits per heavy atom. The molecule has 0 spiro atoms. The van der Waals surface area contributed by atoms with E-state index in [1.807, 2.05) is 0 Å². The summed E-state index contributed by atoms with van der Waals surface area (Å²) in [6.45, 7) is 6.84. The van der Waals surface area contributed by atoms with Gasteiger partial charge < -0.3 is 16.4 Å². The van der Waals surface area contributed by atoms with Gasteiger partial charge in [-0.15, -0.1) is 6.58 Å². The van der Waals surface area contributed by atoms with E-state index in [2.05, 4.69) is 24.1 Å². The van der Waals surface area contributed by atoms with Gasteiger partial charge in [0, 0.05) is 19.2 Å². The molecule has 4 heteroatoms. The molecule has 0 aliphatic carbocycles. The molecule has 0 atom stereocenters. The minimum atomic E-state index is -0.202. The maximum atomic E-state index is 11.1. The lowest BCUT2D eigenvalue weighted by Crippen LogP contribution is -2.27. The number of hydrogen-bond donors (Lipinski definition) is 3. The van der Waals surface area contributed by atoms with Gasteiger partial charge in [0.15, 0.2) is 0 Å². The third kappa shape index (κ3) is 7.21. The highest BCUT2D eigenvalue weighted by atomic mass is 16.1. The number of rotatable bonds is 7. The van der Waals surface area contributed by atoms with Crippen molar-refractivity contribution < 1.29 is 4.79 Å². The van der Waals surface area contributed by atoms with E-state index in [0.717, 1.165) is 19.4 Å². The van der Waals surface area contributed by atoms with Crippen LogP contribution in [0.5, 0.6) is 0 Å². The Kier molecular flexibility index (Phi) is 7.32. The lowest BCUT2D eigenvalue weighted by molar-refractivity contribution is -0.116. The first-order chi connectivity index (χ1) is 6.70. The number of nitrogens with one attached hydrogen (secondary N) is 2. The highest BCUT2D eigenvalue weighted by Gasteiger charge is 1.95. The van der Waals surface area contributed by atoms with E-state index in [-0.39, 0.29) is 5.91 Å². The van der Waals surface area contributed by atoms with Crippen LogP contribution in [0.3, 0.4) is 0 Å². The normalized spacial score (nSPS) is 10.8.